The van der Waals surface area contributed by atoms with Crippen LogP contribution in [0.15, 0.2) is 65.2 Å². The first-order valence-electron chi connectivity index (χ1n) is 11.0. The summed E-state index contributed by atoms with van der Waals surface area (Å²) in [5.41, 5.74) is 2.46. The fourth-order valence-corrected chi connectivity index (χ4v) is 3.75. The number of hydrogen-bond donors (Lipinski definition) is 1. The quantitative estimate of drug-likeness (QED) is 0.311. The van der Waals surface area contributed by atoms with Crippen LogP contribution in [-0.4, -0.2) is 21.8 Å². The lowest BCUT2D eigenvalue weighted by Crippen LogP contribution is -2.38. The van der Waals surface area contributed by atoms with E-state index in [1.807, 2.05) is 31.2 Å². The molecule has 182 valence electrons. The van der Waals surface area contributed by atoms with Gasteiger partial charge in [-0.3, -0.25) is 0 Å². The fraction of sp³-hybridized carbons (Fsp3) is 0.259. The first-order chi connectivity index (χ1) is 16.4. The molecule has 0 unspecified atom stereocenters. The molecular weight excluding hydrogens is 459 g/mol. The van der Waals surface area contributed by atoms with Gasteiger partial charge in [0.05, 0.1) is 11.3 Å². The minimum atomic E-state index is -4.37. The van der Waals surface area contributed by atoms with Crippen molar-refractivity contribution in [1.29, 1.82) is 0 Å². The number of hydrogen-bond acceptors (Lipinski definition) is 4. The summed E-state index contributed by atoms with van der Waals surface area (Å²) in [5.74, 6) is -0.630. The number of aryl methyl sites for hydroxylation is 3. The Kier molecular flexibility index (Phi) is 6.32. The molecule has 0 aliphatic carbocycles. The van der Waals surface area contributed by atoms with Gasteiger partial charge in [0, 0.05) is 5.39 Å². The predicted octanol–water partition coefficient (Wildman–Crippen LogP) is 6.85. The summed E-state index contributed by atoms with van der Waals surface area (Å²) < 4.78 is 49.8. The van der Waals surface area contributed by atoms with Crippen LogP contribution in [0.1, 0.15) is 36.2 Å². The van der Waals surface area contributed by atoms with Gasteiger partial charge in [0.25, 0.3) is 0 Å². The number of alkyl halides is 3. The molecule has 0 saturated heterocycles. The van der Waals surface area contributed by atoms with Crippen LogP contribution in [0.25, 0.3) is 22.1 Å². The highest BCUT2D eigenvalue weighted by molar-refractivity contribution is 5.83. The lowest BCUT2D eigenvalue weighted by molar-refractivity contribution is -0.152. The molecule has 0 fully saturated rings. The third-order valence-corrected chi connectivity index (χ3v) is 5.85. The number of fused-ring (bicyclic) bond motifs is 1. The highest BCUT2D eigenvalue weighted by Crippen LogP contribution is 2.32. The van der Waals surface area contributed by atoms with Crippen LogP contribution in [0.3, 0.4) is 0 Å². The molecule has 4 rings (SSSR count). The number of aromatic nitrogens is 1. The Hall–Kier alpha value is -3.81. The molecule has 0 saturated carbocycles. The van der Waals surface area contributed by atoms with Crippen molar-refractivity contribution in [3.63, 3.8) is 0 Å². The molecule has 8 heteroatoms. The van der Waals surface area contributed by atoms with Crippen molar-refractivity contribution in [2.75, 3.05) is 0 Å². The maximum Gasteiger partial charge on any atom is 0.416 e. The number of nitrogens with zero attached hydrogens (tertiary/aromatic N) is 1. The standard InChI is InChI=1S/C27H24F3NO4/c1-16-13-24-21(15-23(16)34-26(2,3)25(32)33)22(31-35-24)12-7-17-5-4-6-19(14-17)18-8-10-20(11-9-18)27(28,29)30/h4-6,8-11,13-15H,7,12H2,1-3H3,(H,32,33). The molecule has 3 aromatic carbocycles. The van der Waals surface area contributed by atoms with Gasteiger partial charge in [-0.2, -0.15) is 13.2 Å². The molecule has 1 N–H and O–H groups in total. The van der Waals surface area contributed by atoms with Crippen molar-refractivity contribution in [2.24, 2.45) is 0 Å². The molecule has 1 aromatic heterocycles. The molecule has 4 aromatic rings. The average Bonchev–Trinajstić information content (AvgIpc) is 3.19. The molecule has 0 aliphatic rings. The van der Waals surface area contributed by atoms with E-state index in [9.17, 15) is 23.1 Å². The molecule has 0 bridgehead atoms. The molecular formula is C27H24F3NO4. The van der Waals surface area contributed by atoms with Gasteiger partial charge in [0.2, 0.25) is 0 Å². The lowest BCUT2D eigenvalue weighted by atomic mass is 9.99. The fourth-order valence-electron chi connectivity index (χ4n) is 3.75. The first kappa shape index (κ1) is 24.3. The Labute approximate surface area is 200 Å². The van der Waals surface area contributed by atoms with Crippen LogP contribution in [-0.2, 0) is 23.8 Å². The van der Waals surface area contributed by atoms with Crippen molar-refractivity contribution < 1.29 is 32.3 Å². The number of carboxylic acids is 1. The average molecular weight is 483 g/mol. The Bertz CT molecular complexity index is 1370. The van der Waals surface area contributed by atoms with Gasteiger partial charge >= 0.3 is 12.1 Å². The maximum atomic E-state index is 12.8. The summed E-state index contributed by atoms with van der Waals surface area (Å²) in [6.45, 7) is 4.77. The second-order valence-electron chi connectivity index (χ2n) is 8.94. The summed E-state index contributed by atoms with van der Waals surface area (Å²) in [4.78, 5) is 11.5. The van der Waals surface area contributed by atoms with E-state index in [1.54, 1.807) is 12.1 Å². The number of rotatable bonds is 7. The third kappa shape index (κ3) is 5.31. The molecule has 1 heterocycles. The molecule has 0 atom stereocenters. The second kappa shape index (κ2) is 9.09. The van der Waals surface area contributed by atoms with Crippen molar-refractivity contribution >= 4 is 16.9 Å². The highest BCUT2D eigenvalue weighted by Gasteiger charge is 2.31. The van der Waals surface area contributed by atoms with Gasteiger partial charge in [-0.05, 0) is 80.1 Å². The summed E-state index contributed by atoms with van der Waals surface area (Å²) >= 11 is 0. The largest absolute Gasteiger partial charge is 0.478 e. The molecule has 0 radical (unpaired) electrons. The molecule has 35 heavy (non-hydrogen) atoms. The van der Waals surface area contributed by atoms with Crippen molar-refractivity contribution in [3.8, 4) is 16.9 Å². The van der Waals surface area contributed by atoms with Crippen LogP contribution in [0, 0.1) is 6.92 Å². The van der Waals surface area contributed by atoms with Crippen LogP contribution < -0.4 is 4.74 Å². The van der Waals surface area contributed by atoms with Gasteiger partial charge in [0.15, 0.2) is 11.2 Å². The van der Waals surface area contributed by atoms with Gasteiger partial charge in [-0.25, -0.2) is 4.79 Å². The minimum Gasteiger partial charge on any atom is -0.478 e. The Morgan fingerprint density at radius 1 is 1.00 bits per heavy atom. The molecule has 0 spiro atoms. The molecule has 0 aliphatic heterocycles. The van der Waals surface area contributed by atoms with Crippen LogP contribution in [0.5, 0.6) is 5.75 Å². The number of carbonyl (C=O) groups is 1. The number of benzene rings is 3. The Morgan fingerprint density at radius 3 is 2.37 bits per heavy atom. The summed E-state index contributed by atoms with van der Waals surface area (Å²) in [6.07, 6.45) is -3.19. The zero-order valence-electron chi connectivity index (χ0n) is 19.4. The highest BCUT2D eigenvalue weighted by atomic mass is 19.4. The van der Waals surface area contributed by atoms with E-state index in [4.69, 9.17) is 9.26 Å². The number of aliphatic carboxylic acids is 1. The normalized spacial score (nSPS) is 12.2. The van der Waals surface area contributed by atoms with Crippen LogP contribution >= 0.6 is 0 Å². The first-order valence-corrected chi connectivity index (χ1v) is 11.0. The van der Waals surface area contributed by atoms with E-state index in [2.05, 4.69) is 5.16 Å². The summed E-state index contributed by atoms with van der Waals surface area (Å²) in [5, 5.41) is 14.3. The topological polar surface area (TPSA) is 72.6 Å². The van der Waals surface area contributed by atoms with Gasteiger partial charge in [0.1, 0.15) is 5.75 Å². The maximum absolute atomic E-state index is 12.8. The van der Waals surface area contributed by atoms with E-state index < -0.39 is 23.3 Å². The van der Waals surface area contributed by atoms with Crippen molar-refractivity contribution in [2.45, 2.75) is 45.4 Å². The molecule has 0 amide bonds. The van der Waals surface area contributed by atoms with Crippen LogP contribution in [0.2, 0.25) is 0 Å². The summed E-state index contributed by atoms with van der Waals surface area (Å²) in [6, 6.07) is 16.2. The van der Waals surface area contributed by atoms with E-state index in [-0.39, 0.29) is 0 Å². The monoisotopic (exact) mass is 483 g/mol. The number of carboxylic acid groups (broad SMARTS) is 1. The van der Waals surface area contributed by atoms with E-state index in [0.717, 1.165) is 34.2 Å². The Balaban J connectivity index is 1.54. The van der Waals surface area contributed by atoms with Gasteiger partial charge in [-0.15, -0.1) is 0 Å². The van der Waals surface area contributed by atoms with Gasteiger partial charge in [-0.1, -0.05) is 41.6 Å². The van der Waals surface area contributed by atoms with Gasteiger partial charge < -0.3 is 14.4 Å². The molecule has 5 nitrogen and oxygen atoms in total. The number of ether oxygens (including phenoxy) is 1. The zero-order chi connectivity index (χ0) is 25.4. The Morgan fingerprint density at radius 2 is 1.71 bits per heavy atom. The second-order valence-corrected chi connectivity index (χ2v) is 8.94. The van der Waals surface area contributed by atoms with Crippen molar-refractivity contribution in [1.82, 2.24) is 5.16 Å². The minimum absolute atomic E-state index is 0.443. The third-order valence-electron chi connectivity index (χ3n) is 5.85. The van der Waals surface area contributed by atoms with E-state index in [1.165, 1.54) is 26.0 Å². The van der Waals surface area contributed by atoms with Crippen molar-refractivity contribution in [3.05, 3.63) is 83.0 Å². The zero-order valence-corrected chi connectivity index (χ0v) is 19.4. The predicted molar refractivity (Wildman–Crippen MR) is 125 cm³/mol. The van der Waals surface area contributed by atoms with Crippen LogP contribution in [0.4, 0.5) is 13.2 Å². The summed E-state index contributed by atoms with van der Waals surface area (Å²) in [7, 11) is 0. The van der Waals surface area contributed by atoms with E-state index in [0.29, 0.717) is 35.4 Å². The smallest absolute Gasteiger partial charge is 0.416 e. The SMILES string of the molecule is Cc1cc2onc(CCc3cccc(-c4ccc(C(F)(F)F)cc4)c3)c2cc1OC(C)(C)C(=O)O. The van der Waals surface area contributed by atoms with E-state index >= 15 is 0 Å². The lowest BCUT2D eigenvalue weighted by Gasteiger charge is -2.22. The number of halogens is 3.